The Hall–Kier alpha value is -12.5. The maximum atomic E-state index is 2.47. The van der Waals surface area contributed by atoms with Gasteiger partial charge >= 0.3 is 0 Å². The molecule has 0 spiro atoms. The zero-order valence-electron chi connectivity index (χ0n) is 51.3. The first-order valence-corrected chi connectivity index (χ1v) is 32.4. The van der Waals surface area contributed by atoms with Crippen molar-refractivity contribution in [1.29, 1.82) is 0 Å². The first-order chi connectivity index (χ1) is 46.6. The molecule has 0 aliphatic carbocycles. The van der Waals surface area contributed by atoms with Crippen LogP contribution in [0.3, 0.4) is 0 Å². The number of nitrogens with zero attached hydrogens (tertiary/aromatic N) is 4. The average molecular weight is 1200 g/mol. The standard InChI is InChI=1S/C90H58N4/c1-2-19-59(20-3-1)64-21-17-24-67(52-64)70-53-69(55-74(56-70)94-88-38-15-9-32-80(88)82-58-73(48-50-90(82)94)93-85-35-12-6-29-77(85)78-30-7-13-36-86(78)93)63-45-43-61(44-46-63)66-23-16-22-65(51-66)60-39-41-62(42-40-60)68-25-18-26-71(54-68)91-87-37-14-8-31-79(87)81-57-72(47-49-89(81)91)92-83-33-10-4-27-75(83)76-28-5-11-34-84(76)92/h1-58H. The second-order valence-electron chi connectivity index (χ2n) is 24.8. The van der Waals surface area contributed by atoms with Crippen LogP contribution in [0.2, 0.25) is 0 Å². The van der Waals surface area contributed by atoms with Gasteiger partial charge in [0, 0.05) is 65.8 Å². The number of fused-ring (bicyclic) bond motifs is 12. The third kappa shape index (κ3) is 8.69. The highest BCUT2D eigenvalue weighted by atomic mass is 15.0. The molecule has 19 aromatic rings. The first kappa shape index (κ1) is 53.3. The number of rotatable bonds is 10. The topological polar surface area (TPSA) is 19.7 Å². The fourth-order valence-corrected chi connectivity index (χ4v) is 15.2. The Kier molecular flexibility index (Phi) is 12.3. The van der Waals surface area contributed by atoms with Crippen LogP contribution in [0.25, 0.3) is 177 Å². The van der Waals surface area contributed by atoms with Gasteiger partial charge in [-0.25, -0.2) is 0 Å². The molecule has 0 saturated heterocycles. The van der Waals surface area contributed by atoms with Crippen molar-refractivity contribution < 1.29 is 0 Å². The van der Waals surface area contributed by atoms with Crippen LogP contribution in [0, 0.1) is 0 Å². The molecule has 15 aromatic carbocycles. The van der Waals surface area contributed by atoms with Crippen LogP contribution in [0.5, 0.6) is 0 Å². The number of para-hydroxylation sites is 6. The Morgan fingerprint density at radius 3 is 0.745 bits per heavy atom. The van der Waals surface area contributed by atoms with E-state index in [9.17, 15) is 0 Å². The Bertz CT molecular complexity index is 6100. The molecule has 94 heavy (non-hydrogen) atoms. The van der Waals surface area contributed by atoms with Crippen LogP contribution in [0.4, 0.5) is 0 Å². The molecule has 0 amide bonds. The second kappa shape index (κ2) is 21.6. The van der Waals surface area contributed by atoms with E-state index in [0.717, 1.165) is 45.0 Å². The van der Waals surface area contributed by atoms with Gasteiger partial charge in [0.2, 0.25) is 0 Å². The van der Waals surface area contributed by atoms with E-state index >= 15 is 0 Å². The molecule has 4 aromatic heterocycles. The van der Waals surface area contributed by atoms with Crippen molar-refractivity contribution in [3.8, 4) is 89.5 Å². The molecule has 0 fully saturated rings. The summed E-state index contributed by atoms with van der Waals surface area (Å²) < 4.78 is 9.72. The van der Waals surface area contributed by atoms with Crippen LogP contribution < -0.4 is 0 Å². The zero-order chi connectivity index (χ0) is 61.8. The van der Waals surface area contributed by atoms with E-state index in [-0.39, 0.29) is 0 Å². The molecule has 0 atom stereocenters. The smallest absolute Gasteiger partial charge is 0.0542 e. The maximum Gasteiger partial charge on any atom is 0.0542 e. The lowest BCUT2D eigenvalue weighted by molar-refractivity contribution is 1.17. The number of aromatic nitrogens is 4. The van der Waals surface area contributed by atoms with Gasteiger partial charge in [-0.15, -0.1) is 0 Å². The Morgan fingerprint density at radius 2 is 0.351 bits per heavy atom. The summed E-state index contributed by atoms with van der Waals surface area (Å²) >= 11 is 0. The van der Waals surface area contributed by atoms with Crippen LogP contribution in [0.1, 0.15) is 0 Å². The predicted octanol–water partition coefficient (Wildman–Crippen LogP) is 24.1. The summed E-state index contributed by atoms with van der Waals surface area (Å²) in [4.78, 5) is 0. The van der Waals surface area contributed by atoms with E-state index in [0.29, 0.717) is 0 Å². The van der Waals surface area contributed by atoms with Crippen molar-refractivity contribution in [3.05, 3.63) is 352 Å². The van der Waals surface area contributed by atoms with Crippen molar-refractivity contribution >= 4 is 87.2 Å². The molecule has 4 heteroatoms. The van der Waals surface area contributed by atoms with E-state index in [1.807, 2.05) is 0 Å². The highest BCUT2D eigenvalue weighted by Gasteiger charge is 2.21. The van der Waals surface area contributed by atoms with E-state index in [2.05, 4.69) is 370 Å². The molecule has 0 saturated carbocycles. The van der Waals surface area contributed by atoms with Crippen molar-refractivity contribution in [1.82, 2.24) is 18.3 Å². The van der Waals surface area contributed by atoms with Gasteiger partial charge in [-0.05, 0) is 182 Å². The van der Waals surface area contributed by atoms with E-state index in [1.165, 1.54) is 132 Å². The minimum atomic E-state index is 1.11. The summed E-state index contributed by atoms with van der Waals surface area (Å²) in [5.41, 5.74) is 28.1. The third-order valence-electron chi connectivity index (χ3n) is 19.5. The van der Waals surface area contributed by atoms with Crippen LogP contribution >= 0.6 is 0 Å². The summed E-state index contributed by atoms with van der Waals surface area (Å²) in [5.74, 6) is 0. The Morgan fingerprint density at radius 1 is 0.117 bits per heavy atom. The first-order valence-electron chi connectivity index (χ1n) is 32.4. The molecule has 0 bridgehead atoms. The van der Waals surface area contributed by atoms with E-state index in [1.54, 1.807) is 0 Å². The van der Waals surface area contributed by atoms with Crippen molar-refractivity contribution in [3.63, 3.8) is 0 Å². The maximum absolute atomic E-state index is 2.47. The van der Waals surface area contributed by atoms with E-state index < -0.39 is 0 Å². The highest BCUT2D eigenvalue weighted by molar-refractivity contribution is 6.14. The van der Waals surface area contributed by atoms with Gasteiger partial charge in [0.15, 0.2) is 0 Å². The summed E-state index contributed by atoms with van der Waals surface area (Å²) in [6, 6.07) is 130. The molecule has 4 heterocycles. The Labute approximate surface area is 543 Å². The number of benzene rings is 15. The molecule has 4 nitrogen and oxygen atoms in total. The molecule has 0 unspecified atom stereocenters. The summed E-state index contributed by atoms with van der Waals surface area (Å²) in [5, 5.41) is 9.93. The second-order valence-corrected chi connectivity index (χ2v) is 24.8. The normalized spacial score (nSPS) is 11.8. The van der Waals surface area contributed by atoms with Crippen molar-refractivity contribution in [2.24, 2.45) is 0 Å². The number of hydrogen-bond acceptors (Lipinski definition) is 0. The fourth-order valence-electron chi connectivity index (χ4n) is 15.2. The van der Waals surface area contributed by atoms with Gasteiger partial charge in [-0.1, -0.05) is 237 Å². The summed E-state index contributed by atoms with van der Waals surface area (Å²) in [6.07, 6.45) is 0. The van der Waals surface area contributed by atoms with Gasteiger partial charge in [0.25, 0.3) is 0 Å². The monoisotopic (exact) mass is 1190 g/mol. The van der Waals surface area contributed by atoms with Gasteiger partial charge in [-0.3, -0.25) is 0 Å². The minimum absolute atomic E-state index is 1.11. The SMILES string of the molecule is c1ccc(-c2cccc(-c3cc(-c4ccc(-c5cccc(-c6ccc(-c7cccc(-n8c9ccccc9c9cc(-n%10c%11ccccc%11c%11ccccc%11%10)ccc98)c7)cc6)c5)cc4)cc(-n4c5ccccc5c5cc(-n6c7ccccc7c7ccccc76)ccc54)c3)c2)cc1. The van der Waals surface area contributed by atoms with Crippen molar-refractivity contribution in [2.75, 3.05) is 0 Å². The third-order valence-corrected chi connectivity index (χ3v) is 19.5. The number of hydrogen-bond donors (Lipinski definition) is 0. The lowest BCUT2D eigenvalue weighted by Gasteiger charge is -2.15. The van der Waals surface area contributed by atoms with Gasteiger partial charge in [-0.2, -0.15) is 0 Å². The lowest BCUT2D eigenvalue weighted by Crippen LogP contribution is -1.97. The van der Waals surface area contributed by atoms with Gasteiger partial charge in [0.1, 0.15) is 0 Å². The summed E-state index contributed by atoms with van der Waals surface area (Å²) in [6.45, 7) is 0. The zero-order valence-corrected chi connectivity index (χ0v) is 51.3. The molecular weight excluding hydrogens is 1140 g/mol. The molecule has 0 aliphatic rings. The fraction of sp³-hybridized carbons (Fsp3) is 0. The van der Waals surface area contributed by atoms with Gasteiger partial charge < -0.3 is 18.3 Å². The van der Waals surface area contributed by atoms with Gasteiger partial charge in [0.05, 0.1) is 44.1 Å². The quantitative estimate of drug-likeness (QED) is 0.130. The molecular formula is C90H58N4. The van der Waals surface area contributed by atoms with Crippen LogP contribution in [-0.2, 0) is 0 Å². The molecule has 19 rings (SSSR count). The van der Waals surface area contributed by atoms with E-state index in [4.69, 9.17) is 0 Å². The van der Waals surface area contributed by atoms with Crippen molar-refractivity contribution in [2.45, 2.75) is 0 Å². The minimum Gasteiger partial charge on any atom is -0.309 e. The molecule has 0 radical (unpaired) electrons. The highest BCUT2D eigenvalue weighted by Crippen LogP contribution is 2.42. The molecule has 0 aliphatic heterocycles. The predicted molar refractivity (Wildman–Crippen MR) is 396 cm³/mol. The van der Waals surface area contributed by atoms with Crippen LogP contribution in [-0.4, -0.2) is 18.3 Å². The lowest BCUT2D eigenvalue weighted by atomic mass is 9.94. The largest absolute Gasteiger partial charge is 0.309 e. The Balaban J connectivity index is 0.650. The molecule has 0 N–H and O–H groups in total. The molecule has 438 valence electrons. The average Bonchev–Trinajstić information content (AvgIpc) is 1.58. The van der Waals surface area contributed by atoms with Crippen LogP contribution in [0.15, 0.2) is 352 Å². The summed E-state index contributed by atoms with van der Waals surface area (Å²) in [7, 11) is 0.